The molecule has 1 atom stereocenters. The number of carbonyl (C=O) groups excluding carboxylic acids is 2. The molecule has 0 aliphatic carbocycles. The summed E-state index contributed by atoms with van der Waals surface area (Å²) in [5.74, 6) is 1.12. The molecule has 1 heterocycles. The summed E-state index contributed by atoms with van der Waals surface area (Å²) in [4.78, 5) is 30.3. The highest BCUT2D eigenvalue weighted by Crippen LogP contribution is 2.34. The number of rotatable bonds is 9. The van der Waals surface area contributed by atoms with E-state index in [9.17, 15) is 9.59 Å². The van der Waals surface area contributed by atoms with Crippen LogP contribution in [0, 0.1) is 5.41 Å². The Morgan fingerprint density at radius 1 is 1.03 bits per heavy atom. The summed E-state index contributed by atoms with van der Waals surface area (Å²) in [5, 5.41) is 7.90. The van der Waals surface area contributed by atoms with Gasteiger partial charge in [-0.1, -0.05) is 20.8 Å². The number of hydrogen-bond acceptors (Lipinski definition) is 7. The Morgan fingerprint density at radius 3 is 2.34 bits per heavy atom. The van der Waals surface area contributed by atoms with Crippen LogP contribution in [0.25, 0.3) is 11.3 Å². The van der Waals surface area contributed by atoms with E-state index in [0.717, 1.165) is 21.8 Å². The highest BCUT2D eigenvalue weighted by molar-refractivity contribution is 8.00. The first-order valence-corrected chi connectivity index (χ1v) is 12.9. The Balaban J connectivity index is 1.56. The second-order valence-electron chi connectivity index (χ2n) is 9.17. The van der Waals surface area contributed by atoms with Crippen molar-refractivity contribution in [2.45, 2.75) is 44.3 Å². The lowest BCUT2D eigenvalue weighted by atomic mass is 9.92. The monoisotopic (exact) mass is 513 g/mol. The van der Waals surface area contributed by atoms with Crippen molar-refractivity contribution in [1.82, 2.24) is 4.98 Å². The number of ether oxygens (including phenoxy) is 2. The van der Waals surface area contributed by atoms with Crippen LogP contribution in [0.2, 0.25) is 0 Å². The summed E-state index contributed by atoms with van der Waals surface area (Å²) < 4.78 is 10.6. The standard InChI is InChI=1S/C26H31N3O4S2/c1-16(35-19-10-8-18(9-11-19)27-23(30)14-26(2,3)4)24(31)29-25-28-20(15-34-25)17-7-12-21(32-5)22(13-17)33-6/h7-13,15-16H,14H2,1-6H3,(H,27,30)(H,28,29,31). The zero-order valence-electron chi connectivity index (χ0n) is 20.8. The minimum absolute atomic E-state index is 0.0125. The molecular weight excluding hydrogens is 482 g/mol. The van der Waals surface area contributed by atoms with Crippen LogP contribution in [0.5, 0.6) is 11.5 Å². The Morgan fingerprint density at radius 2 is 1.71 bits per heavy atom. The SMILES string of the molecule is COc1ccc(-c2csc(NC(=O)C(C)Sc3ccc(NC(=O)CC(C)(C)C)cc3)n2)cc1OC. The smallest absolute Gasteiger partial charge is 0.239 e. The number of nitrogens with zero attached hydrogens (tertiary/aromatic N) is 1. The van der Waals surface area contributed by atoms with Crippen LogP contribution < -0.4 is 20.1 Å². The van der Waals surface area contributed by atoms with E-state index >= 15 is 0 Å². The largest absolute Gasteiger partial charge is 0.493 e. The maximum Gasteiger partial charge on any atom is 0.239 e. The maximum atomic E-state index is 12.7. The maximum absolute atomic E-state index is 12.7. The molecule has 1 unspecified atom stereocenters. The number of anilines is 2. The molecule has 186 valence electrons. The second-order valence-corrected chi connectivity index (χ2v) is 11.4. The number of hydrogen-bond donors (Lipinski definition) is 2. The number of nitrogens with one attached hydrogen (secondary N) is 2. The fraction of sp³-hybridized carbons (Fsp3) is 0.346. The van der Waals surface area contributed by atoms with E-state index in [4.69, 9.17) is 9.47 Å². The molecule has 0 aliphatic rings. The van der Waals surface area contributed by atoms with E-state index in [2.05, 4.69) is 15.6 Å². The van der Waals surface area contributed by atoms with E-state index in [0.29, 0.717) is 23.1 Å². The van der Waals surface area contributed by atoms with E-state index in [1.54, 1.807) is 14.2 Å². The number of thiazole rings is 1. The first-order valence-electron chi connectivity index (χ1n) is 11.1. The zero-order chi connectivity index (χ0) is 25.6. The van der Waals surface area contributed by atoms with Crippen LogP contribution in [0.15, 0.2) is 52.7 Å². The quantitative estimate of drug-likeness (QED) is 0.325. The lowest BCUT2D eigenvalue weighted by Crippen LogP contribution is -2.22. The van der Waals surface area contributed by atoms with Gasteiger partial charge in [-0.05, 0) is 54.8 Å². The van der Waals surface area contributed by atoms with Crippen molar-refractivity contribution in [2.75, 3.05) is 24.9 Å². The molecule has 3 rings (SSSR count). The van der Waals surface area contributed by atoms with Gasteiger partial charge in [0.25, 0.3) is 0 Å². The summed E-state index contributed by atoms with van der Waals surface area (Å²) >= 11 is 2.81. The number of carbonyl (C=O) groups is 2. The highest BCUT2D eigenvalue weighted by atomic mass is 32.2. The van der Waals surface area contributed by atoms with Crippen LogP contribution in [0.4, 0.5) is 10.8 Å². The molecule has 0 spiro atoms. The van der Waals surface area contributed by atoms with Gasteiger partial charge in [-0.3, -0.25) is 9.59 Å². The normalized spacial score (nSPS) is 12.1. The molecule has 1 aromatic heterocycles. The van der Waals surface area contributed by atoms with Crippen molar-refractivity contribution in [2.24, 2.45) is 5.41 Å². The van der Waals surface area contributed by atoms with Crippen molar-refractivity contribution >= 4 is 45.7 Å². The summed E-state index contributed by atoms with van der Waals surface area (Å²) in [6.07, 6.45) is 0.450. The molecule has 0 fully saturated rings. The fourth-order valence-corrected chi connectivity index (χ4v) is 4.82. The third-order valence-corrected chi connectivity index (χ3v) is 6.79. The van der Waals surface area contributed by atoms with Gasteiger partial charge in [0.05, 0.1) is 25.2 Å². The third kappa shape index (κ3) is 7.73. The molecule has 0 radical (unpaired) electrons. The molecular formula is C26H31N3O4S2. The van der Waals surface area contributed by atoms with E-state index in [-0.39, 0.29) is 22.5 Å². The van der Waals surface area contributed by atoms with Crippen LogP contribution in [0.3, 0.4) is 0 Å². The van der Waals surface area contributed by atoms with E-state index in [1.807, 2.05) is 75.5 Å². The molecule has 35 heavy (non-hydrogen) atoms. The third-order valence-electron chi connectivity index (χ3n) is 4.92. The number of thioether (sulfide) groups is 1. The minimum Gasteiger partial charge on any atom is -0.493 e. The van der Waals surface area contributed by atoms with Gasteiger partial charge in [0, 0.05) is 27.9 Å². The topological polar surface area (TPSA) is 89.6 Å². The van der Waals surface area contributed by atoms with Gasteiger partial charge in [0.2, 0.25) is 11.8 Å². The summed E-state index contributed by atoms with van der Waals surface area (Å²) in [7, 11) is 3.18. The molecule has 2 aromatic carbocycles. The van der Waals surface area contributed by atoms with Crippen LogP contribution in [-0.4, -0.2) is 36.3 Å². The van der Waals surface area contributed by atoms with Crippen molar-refractivity contribution in [1.29, 1.82) is 0 Å². The summed E-state index contributed by atoms with van der Waals surface area (Å²) in [6.45, 7) is 7.94. The molecule has 0 saturated carbocycles. The molecule has 0 bridgehead atoms. The number of benzene rings is 2. The van der Waals surface area contributed by atoms with Crippen molar-refractivity contribution in [3.8, 4) is 22.8 Å². The van der Waals surface area contributed by atoms with Gasteiger partial charge in [-0.25, -0.2) is 4.98 Å². The summed E-state index contributed by atoms with van der Waals surface area (Å²) in [5.41, 5.74) is 2.29. The zero-order valence-corrected chi connectivity index (χ0v) is 22.4. The Bertz CT molecular complexity index is 1170. The highest BCUT2D eigenvalue weighted by Gasteiger charge is 2.18. The number of methoxy groups -OCH3 is 2. The van der Waals surface area contributed by atoms with Gasteiger partial charge in [-0.15, -0.1) is 23.1 Å². The van der Waals surface area contributed by atoms with E-state index < -0.39 is 0 Å². The fourth-order valence-electron chi connectivity index (χ4n) is 3.23. The molecule has 9 heteroatoms. The number of aromatic nitrogens is 1. The molecule has 7 nitrogen and oxygen atoms in total. The van der Waals surface area contributed by atoms with Crippen LogP contribution in [-0.2, 0) is 9.59 Å². The average molecular weight is 514 g/mol. The Kier molecular flexibility index (Phi) is 8.80. The lowest BCUT2D eigenvalue weighted by Gasteiger charge is -2.17. The minimum atomic E-state index is -0.329. The average Bonchev–Trinajstić information content (AvgIpc) is 3.27. The second kappa shape index (κ2) is 11.6. The van der Waals surface area contributed by atoms with E-state index in [1.165, 1.54) is 23.1 Å². The molecule has 0 aliphatic heterocycles. The Labute approximate surface area is 214 Å². The van der Waals surface area contributed by atoms with Gasteiger partial charge < -0.3 is 20.1 Å². The molecule has 2 amide bonds. The summed E-state index contributed by atoms with van der Waals surface area (Å²) in [6, 6.07) is 13.1. The number of amides is 2. The molecule has 0 saturated heterocycles. The first-order chi connectivity index (χ1) is 16.6. The Hall–Kier alpha value is -3.04. The van der Waals surface area contributed by atoms with Gasteiger partial charge >= 0.3 is 0 Å². The molecule has 2 N–H and O–H groups in total. The lowest BCUT2D eigenvalue weighted by molar-refractivity contribution is -0.118. The van der Waals surface area contributed by atoms with Crippen molar-refractivity contribution in [3.05, 3.63) is 47.8 Å². The van der Waals surface area contributed by atoms with Gasteiger partial charge in [-0.2, -0.15) is 0 Å². The predicted molar refractivity (Wildman–Crippen MR) is 144 cm³/mol. The van der Waals surface area contributed by atoms with Crippen molar-refractivity contribution < 1.29 is 19.1 Å². The van der Waals surface area contributed by atoms with Crippen LogP contribution in [0.1, 0.15) is 34.1 Å². The molecule has 3 aromatic rings. The van der Waals surface area contributed by atoms with Gasteiger partial charge in [0.1, 0.15) is 0 Å². The predicted octanol–water partition coefficient (Wildman–Crippen LogP) is 6.32. The first kappa shape index (κ1) is 26.6. The van der Waals surface area contributed by atoms with Crippen molar-refractivity contribution in [3.63, 3.8) is 0 Å². The van der Waals surface area contributed by atoms with Gasteiger partial charge in [0.15, 0.2) is 16.6 Å². The van der Waals surface area contributed by atoms with Crippen LogP contribution >= 0.6 is 23.1 Å².